The number of hydrogen-bond donors (Lipinski definition) is 1. The molecular formula is C11H14N4O. The van der Waals surface area contributed by atoms with E-state index in [1.165, 1.54) is 0 Å². The Morgan fingerprint density at radius 3 is 2.88 bits per heavy atom. The van der Waals surface area contributed by atoms with Crippen LogP contribution in [0.15, 0.2) is 29.0 Å². The lowest BCUT2D eigenvalue weighted by atomic mass is 10.2. The molecule has 0 aromatic carbocycles. The molecule has 0 aliphatic heterocycles. The average molecular weight is 218 g/mol. The maximum absolute atomic E-state index is 5.05. The molecule has 2 aromatic rings. The van der Waals surface area contributed by atoms with E-state index in [0.717, 1.165) is 18.5 Å². The fourth-order valence-electron chi connectivity index (χ4n) is 1.31. The molecule has 2 rings (SSSR count). The Morgan fingerprint density at radius 2 is 2.12 bits per heavy atom. The van der Waals surface area contributed by atoms with E-state index in [9.17, 15) is 0 Å². The van der Waals surface area contributed by atoms with Gasteiger partial charge in [0.15, 0.2) is 5.82 Å². The van der Waals surface area contributed by atoms with Crippen LogP contribution in [0.1, 0.15) is 24.7 Å². The number of hydrogen-bond acceptors (Lipinski definition) is 5. The fraction of sp³-hybridized carbons (Fsp3) is 0.364. The summed E-state index contributed by atoms with van der Waals surface area (Å²) >= 11 is 0. The third kappa shape index (κ3) is 2.79. The molecular weight excluding hydrogens is 204 g/mol. The second kappa shape index (κ2) is 5.25. The summed E-state index contributed by atoms with van der Waals surface area (Å²) in [5, 5.41) is 6.94. The molecule has 0 fully saturated rings. The monoisotopic (exact) mass is 218 g/mol. The lowest BCUT2D eigenvalue weighted by molar-refractivity contribution is 0.423. The fourth-order valence-corrected chi connectivity index (χ4v) is 1.31. The lowest BCUT2D eigenvalue weighted by Gasteiger charge is -1.95. The molecule has 16 heavy (non-hydrogen) atoms. The number of pyridine rings is 1. The summed E-state index contributed by atoms with van der Waals surface area (Å²) in [6, 6.07) is 4.37. The Balaban J connectivity index is 1.97. The van der Waals surface area contributed by atoms with Crippen molar-refractivity contribution in [2.75, 3.05) is 11.9 Å². The van der Waals surface area contributed by atoms with E-state index in [1.807, 2.05) is 12.1 Å². The lowest BCUT2D eigenvalue weighted by Crippen LogP contribution is -1.99. The van der Waals surface area contributed by atoms with E-state index in [1.54, 1.807) is 12.4 Å². The van der Waals surface area contributed by atoms with Crippen molar-refractivity contribution in [3.8, 4) is 0 Å². The second-order valence-corrected chi connectivity index (χ2v) is 3.47. The highest BCUT2D eigenvalue weighted by atomic mass is 16.5. The first-order chi connectivity index (χ1) is 7.88. The highest BCUT2D eigenvalue weighted by Crippen LogP contribution is 2.08. The molecule has 5 nitrogen and oxygen atoms in total. The summed E-state index contributed by atoms with van der Waals surface area (Å²) in [7, 11) is 0. The van der Waals surface area contributed by atoms with E-state index >= 15 is 0 Å². The van der Waals surface area contributed by atoms with Gasteiger partial charge in [-0.25, -0.2) is 0 Å². The molecule has 0 spiro atoms. The predicted molar refractivity (Wildman–Crippen MR) is 60.1 cm³/mol. The quantitative estimate of drug-likeness (QED) is 0.830. The average Bonchev–Trinajstić information content (AvgIpc) is 2.75. The van der Waals surface area contributed by atoms with Gasteiger partial charge in [0.2, 0.25) is 0 Å². The topological polar surface area (TPSA) is 63.8 Å². The van der Waals surface area contributed by atoms with Gasteiger partial charge in [-0.1, -0.05) is 12.1 Å². The van der Waals surface area contributed by atoms with Crippen LogP contribution in [-0.2, 0) is 6.42 Å². The highest BCUT2D eigenvalue weighted by Gasteiger charge is 2.05. The molecule has 2 heterocycles. The van der Waals surface area contributed by atoms with Gasteiger partial charge in [-0.15, -0.1) is 0 Å². The van der Waals surface area contributed by atoms with Crippen LogP contribution in [0.2, 0.25) is 0 Å². The third-order valence-electron chi connectivity index (χ3n) is 2.11. The molecule has 5 heteroatoms. The summed E-state index contributed by atoms with van der Waals surface area (Å²) in [6.45, 7) is 2.93. The van der Waals surface area contributed by atoms with Gasteiger partial charge < -0.3 is 9.84 Å². The summed E-state index contributed by atoms with van der Waals surface area (Å²) in [4.78, 5) is 8.19. The molecule has 84 valence electrons. The van der Waals surface area contributed by atoms with Crippen LogP contribution in [0.3, 0.4) is 0 Å². The van der Waals surface area contributed by atoms with Gasteiger partial charge in [-0.3, -0.25) is 4.98 Å². The number of anilines is 1. The van der Waals surface area contributed by atoms with Gasteiger partial charge in [-0.2, -0.15) is 4.98 Å². The molecule has 0 saturated carbocycles. The van der Waals surface area contributed by atoms with Gasteiger partial charge in [0, 0.05) is 25.4 Å². The Labute approximate surface area is 93.9 Å². The predicted octanol–water partition coefficient (Wildman–Crippen LogP) is 1.88. The zero-order valence-electron chi connectivity index (χ0n) is 9.18. The molecule has 0 unspecified atom stereocenters. The normalized spacial score (nSPS) is 10.3. The smallest absolute Gasteiger partial charge is 0.321 e. The van der Waals surface area contributed by atoms with Crippen LogP contribution < -0.4 is 5.32 Å². The minimum atomic E-state index is 0.492. The highest BCUT2D eigenvalue weighted by molar-refractivity contribution is 5.21. The maximum atomic E-state index is 5.05. The first-order valence-corrected chi connectivity index (χ1v) is 5.34. The van der Waals surface area contributed by atoms with Gasteiger partial charge in [0.25, 0.3) is 0 Å². The third-order valence-corrected chi connectivity index (χ3v) is 2.11. The number of nitrogens with one attached hydrogen (secondary N) is 1. The van der Waals surface area contributed by atoms with Crippen molar-refractivity contribution in [3.63, 3.8) is 0 Å². The Kier molecular flexibility index (Phi) is 3.48. The molecule has 1 N–H and O–H groups in total. The molecule has 0 atom stereocenters. The minimum absolute atomic E-state index is 0.492. The second-order valence-electron chi connectivity index (χ2n) is 3.47. The molecule has 0 aliphatic rings. The van der Waals surface area contributed by atoms with Crippen LogP contribution in [0.5, 0.6) is 0 Å². The minimum Gasteiger partial charge on any atom is -0.338 e. The Hall–Kier alpha value is -1.91. The van der Waals surface area contributed by atoms with Gasteiger partial charge in [0.05, 0.1) is 0 Å². The molecule has 0 radical (unpaired) electrons. The summed E-state index contributed by atoms with van der Waals surface area (Å²) < 4.78 is 5.05. The van der Waals surface area contributed by atoms with Gasteiger partial charge in [-0.05, 0) is 24.1 Å². The van der Waals surface area contributed by atoms with Crippen molar-refractivity contribution in [1.29, 1.82) is 0 Å². The zero-order chi connectivity index (χ0) is 11.2. The zero-order valence-corrected chi connectivity index (χ0v) is 9.18. The van der Waals surface area contributed by atoms with Crippen LogP contribution in [0, 0.1) is 0 Å². The van der Waals surface area contributed by atoms with Crippen LogP contribution >= 0.6 is 0 Å². The van der Waals surface area contributed by atoms with E-state index in [4.69, 9.17) is 4.52 Å². The van der Waals surface area contributed by atoms with E-state index in [-0.39, 0.29) is 0 Å². The van der Waals surface area contributed by atoms with Crippen LogP contribution in [0.25, 0.3) is 0 Å². The summed E-state index contributed by atoms with van der Waals surface area (Å²) in [5.74, 6) is 0.685. The van der Waals surface area contributed by atoms with Crippen molar-refractivity contribution in [2.45, 2.75) is 19.8 Å². The molecule has 0 amide bonds. The molecule has 2 aromatic heterocycles. The molecule has 0 bridgehead atoms. The Morgan fingerprint density at radius 1 is 1.31 bits per heavy atom. The first-order valence-electron chi connectivity index (χ1n) is 5.34. The number of aromatic nitrogens is 3. The van der Waals surface area contributed by atoms with Crippen molar-refractivity contribution < 1.29 is 4.52 Å². The molecule has 0 aliphatic carbocycles. The SMILES string of the molecule is CCCNc1nc(Cc2ccncc2)no1. The van der Waals surface area contributed by atoms with Crippen molar-refractivity contribution >= 4 is 6.01 Å². The standard InChI is InChI=1S/C11H14N4O/c1-2-5-13-11-14-10(15-16-11)8-9-3-6-12-7-4-9/h3-4,6-7H,2,5,8H2,1H3,(H,13,14,15). The van der Waals surface area contributed by atoms with Crippen molar-refractivity contribution in [2.24, 2.45) is 0 Å². The Bertz CT molecular complexity index is 427. The van der Waals surface area contributed by atoms with Crippen LogP contribution in [-0.4, -0.2) is 21.7 Å². The van der Waals surface area contributed by atoms with Crippen molar-refractivity contribution in [3.05, 3.63) is 35.9 Å². The van der Waals surface area contributed by atoms with Crippen molar-refractivity contribution in [1.82, 2.24) is 15.1 Å². The van der Waals surface area contributed by atoms with Gasteiger partial charge in [0.1, 0.15) is 0 Å². The van der Waals surface area contributed by atoms with E-state index < -0.39 is 0 Å². The largest absolute Gasteiger partial charge is 0.338 e. The van der Waals surface area contributed by atoms with Crippen LogP contribution in [0.4, 0.5) is 6.01 Å². The summed E-state index contributed by atoms with van der Waals surface area (Å²) in [6.07, 6.45) is 5.21. The maximum Gasteiger partial charge on any atom is 0.321 e. The first kappa shape index (κ1) is 10.6. The number of nitrogens with zero attached hydrogens (tertiary/aromatic N) is 3. The summed E-state index contributed by atoms with van der Waals surface area (Å²) in [5.41, 5.74) is 1.12. The van der Waals surface area contributed by atoms with Gasteiger partial charge >= 0.3 is 6.01 Å². The van der Waals surface area contributed by atoms with E-state index in [2.05, 4.69) is 27.4 Å². The van der Waals surface area contributed by atoms with E-state index in [0.29, 0.717) is 18.3 Å². The number of rotatable bonds is 5. The molecule has 0 saturated heterocycles.